The van der Waals surface area contributed by atoms with Gasteiger partial charge in [-0.2, -0.15) is 13.2 Å². The average molecular weight is 273 g/mol. The number of hydrogen-bond acceptors (Lipinski definition) is 3. The van der Waals surface area contributed by atoms with Crippen LogP contribution in [0, 0.1) is 0 Å². The number of aldehydes is 1. The van der Waals surface area contributed by atoms with Crippen LogP contribution in [0.1, 0.15) is 22.3 Å². The second-order valence-corrected chi connectivity index (χ2v) is 4.45. The number of ether oxygens (including phenoxy) is 1. The summed E-state index contributed by atoms with van der Waals surface area (Å²) in [5.41, 5.74) is -0.864. The van der Waals surface area contributed by atoms with E-state index >= 15 is 0 Å². The van der Waals surface area contributed by atoms with E-state index in [4.69, 9.17) is 4.74 Å². The van der Waals surface area contributed by atoms with Gasteiger partial charge in [0.1, 0.15) is 0 Å². The number of alkyl halides is 3. The van der Waals surface area contributed by atoms with Gasteiger partial charge in [0, 0.05) is 31.5 Å². The van der Waals surface area contributed by atoms with Crippen LogP contribution < -0.4 is 4.90 Å². The first-order chi connectivity index (χ1) is 8.97. The second-order valence-electron chi connectivity index (χ2n) is 4.45. The van der Waals surface area contributed by atoms with Crippen molar-refractivity contribution in [3.05, 3.63) is 29.3 Å². The number of benzene rings is 1. The predicted molar refractivity (Wildman–Crippen MR) is 64.5 cm³/mol. The summed E-state index contributed by atoms with van der Waals surface area (Å²) in [7, 11) is 1.57. The SMILES string of the molecule is COC1CCN(c2cccc(C(F)(F)F)c2C=O)C1. The van der Waals surface area contributed by atoms with Crippen LogP contribution in [0.3, 0.4) is 0 Å². The van der Waals surface area contributed by atoms with E-state index < -0.39 is 11.7 Å². The van der Waals surface area contributed by atoms with Crippen LogP contribution in [-0.2, 0) is 10.9 Å². The van der Waals surface area contributed by atoms with E-state index in [2.05, 4.69) is 0 Å². The average Bonchev–Trinajstić information content (AvgIpc) is 2.85. The van der Waals surface area contributed by atoms with E-state index in [1.54, 1.807) is 12.0 Å². The van der Waals surface area contributed by atoms with Crippen molar-refractivity contribution in [2.45, 2.75) is 18.7 Å². The second kappa shape index (κ2) is 5.21. The number of rotatable bonds is 3. The summed E-state index contributed by atoms with van der Waals surface area (Å²) in [6.07, 6.45) is -3.51. The van der Waals surface area contributed by atoms with E-state index in [0.717, 1.165) is 12.5 Å². The molecule has 0 aromatic heterocycles. The Balaban J connectivity index is 2.39. The fraction of sp³-hybridized carbons (Fsp3) is 0.462. The van der Waals surface area contributed by atoms with Crippen LogP contribution in [0.2, 0.25) is 0 Å². The summed E-state index contributed by atoms with van der Waals surface area (Å²) in [5.74, 6) is 0. The summed E-state index contributed by atoms with van der Waals surface area (Å²) in [6.45, 7) is 1.08. The molecular weight excluding hydrogens is 259 g/mol. The number of halogens is 3. The molecule has 1 atom stereocenters. The van der Waals surface area contributed by atoms with Gasteiger partial charge in [-0.1, -0.05) is 6.07 Å². The van der Waals surface area contributed by atoms with Crippen LogP contribution in [0.5, 0.6) is 0 Å². The van der Waals surface area contributed by atoms with Crippen LogP contribution in [0.4, 0.5) is 18.9 Å². The lowest BCUT2D eigenvalue weighted by molar-refractivity contribution is -0.137. The number of carbonyl (C=O) groups is 1. The molecule has 1 unspecified atom stereocenters. The molecule has 0 N–H and O–H groups in total. The third kappa shape index (κ3) is 2.73. The maximum atomic E-state index is 12.8. The Morgan fingerprint density at radius 1 is 1.42 bits per heavy atom. The highest BCUT2D eigenvalue weighted by atomic mass is 19.4. The summed E-state index contributed by atoms with van der Waals surface area (Å²) < 4.78 is 43.7. The van der Waals surface area contributed by atoms with E-state index in [-0.39, 0.29) is 18.0 Å². The van der Waals surface area contributed by atoms with Gasteiger partial charge in [-0.25, -0.2) is 0 Å². The number of methoxy groups -OCH3 is 1. The molecule has 1 saturated heterocycles. The highest BCUT2D eigenvalue weighted by Crippen LogP contribution is 2.36. The Labute approximate surface area is 109 Å². The highest BCUT2D eigenvalue weighted by molar-refractivity contribution is 5.87. The summed E-state index contributed by atoms with van der Waals surface area (Å²) >= 11 is 0. The maximum Gasteiger partial charge on any atom is 0.417 e. The normalized spacial score (nSPS) is 19.8. The van der Waals surface area contributed by atoms with Gasteiger partial charge in [0.2, 0.25) is 0 Å². The quantitative estimate of drug-likeness (QED) is 0.793. The lowest BCUT2D eigenvalue weighted by Crippen LogP contribution is -2.24. The van der Waals surface area contributed by atoms with Gasteiger partial charge in [-0.05, 0) is 18.6 Å². The van der Waals surface area contributed by atoms with Gasteiger partial charge in [0.15, 0.2) is 6.29 Å². The van der Waals surface area contributed by atoms with Gasteiger partial charge in [-0.3, -0.25) is 4.79 Å². The Morgan fingerprint density at radius 3 is 2.68 bits per heavy atom. The van der Waals surface area contributed by atoms with Crippen LogP contribution in [0.25, 0.3) is 0 Å². The summed E-state index contributed by atoms with van der Waals surface area (Å²) in [6, 6.07) is 3.79. The molecule has 0 radical (unpaired) electrons. The van der Waals surface area contributed by atoms with Crippen molar-refractivity contribution in [3.8, 4) is 0 Å². The first-order valence-electron chi connectivity index (χ1n) is 5.90. The molecule has 19 heavy (non-hydrogen) atoms. The fourth-order valence-corrected chi connectivity index (χ4v) is 2.34. The molecule has 0 saturated carbocycles. The summed E-state index contributed by atoms with van der Waals surface area (Å²) in [4.78, 5) is 12.8. The molecule has 0 spiro atoms. The van der Waals surface area contributed by atoms with Crippen molar-refractivity contribution < 1.29 is 22.7 Å². The minimum atomic E-state index is -4.52. The summed E-state index contributed by atoms with van der Waals surface area (Å²) in [5, 5.41) is 0. The maximum absolute atomic E-state index is 12.8. The molecule has 3 nitrogen and oxygen atoms in total. The molecule has 1 aromatic rings. The highest BCUT2D eigenvalue weighted by Gasteiger charge is 2.35. The number of carbonyl (C=O) groups excluding carboxylic acids is 1. The van der Waals surface area contributed by atoms with Gasteiger partial charge in [-0.15, -0.1) is 0 Å². The molecule has 0 bridgehead atoms. The Hall–Kier alpha value is -1.56. The monoisotopic (exact) mass is 273 g/mol. The first kappa shape index (κ1) is 13.9. The zero-order chi connectivity index (χ0) is 14.0. The molecule has 1 heterocycles. The molecule has 1 aromatic carbocycles. The Kier molecular flexibility index (Phi) is 3.80. The van der Waals surface area contributed by atoms with E-state index in [9.17, 15) is 18.0 Å². The number of nitrogens with zero attached hydrogens (tertiary/aromatic N) is 1. The molecule has 6 heteroatoms. The molecule has 1 aliphatic rings. The molecule has 0 amide bonds. The zero-order valence-corrected chi connectivity index (χ0v) is 10.4. The van der Waals surface area contributed by atoms with Crippen LogP contribution in [-0.4, -0.2) is 32.6 Å². The standard InChI is InChI=1S/C13H14F3NO2/c1-19-9-5-6-17(7-9)12-4-2-3-11(10(12)8-18)13(14,15)16/h2-4,8-9H,5-7H2,1H3. The minimum Gasteiger partial charge on any atom is -0.380 e. The smallest absolute Gasteiger partial charge is 0.380 e. The molecular formula is C13H14F3NO2. The molecule has 1 aliphatic heterocycles. The van der Waals surface area contributed by atoms with E-state index in [1.807, 2.05) is 0 Å². The van der Waals surface area contributed by atoms with Gasteiger partial charge >= 0.3 is 6.18 Å². The molecule has 1 fully saturated rings. The number of anilines is 1. The van der Waals surface area contributed by atoms with E-state index in [0.29, 0.717) is 18.8 Å². The van der Waals surface area contributed by atoms with Crippen molar-refractivity contribution >= 4 is 12.0 Å². The third-order valence-corrected chi connectivity index (χ3v) is 3.33. The van der Waals surface area contributed by atoms with Crippen LogP contribution >= 0.6 is 0 Å². The van der Waals surface area contributed by atoms with Gasteiger partial charge in [0.05, 0.1) is 11.7 Å². The predicted octanol–water partition coefficient (Wildman–Crippen LogP) is 2.74. The minimum absolute atomic E-state index is 0.00551. The molecule has 104 valence electrons. The van der Waals surface area contributed by atoms with E-state index in [1.165, 1.54) is 12.1 Å². The van der Waals surface area contributed by atoms with Crippen molar-refractivity contribution in [1.29, 1.82) is 0 Å². The lowest BCUT2D eigenvalue weighted by atomic mass is 10.1. The third-order valence-electron chi connectivity index (χ3n) is 3.33. The fourth-order valence-electron chi connectivity index (χ4n) is 2.34. The van der Waals surface area contributed by atoms with Crippen LogP contribution in [0.15, 0.2) is 18.2 Å². The largest absolute Gasteiger partial charge is 0.417 e. The Morgan fingerprint density at radius 2 is 2.16 bits per heavy atom. The van der Waals surface area contributed by atoms with Gasteiger partial charge in [0.25, 0.3) is 0 Å². The molecule has 0 aliphatic carbocycles. The number of hydrogen-bond donors (Lipinski definition) is 0. The van der Waals surface area contributed by atoms with Crippen molar-refractivity contribution in [2.24, 2.45) is 0 Å². The Bertz CT molecular complexity index is 473. The van der Waals surface area contributed by atoms with Gasteiger partial charge < -0.3 is 9.64 Å². The lowest BCUT2D eigenvalue weighted by Gasteiger charge is -2.22. The van der Waals surface area contributed by atoms with Crippen molar-refractivity contribution in [3.63, 3.8) is 0 Å². The van der Waals surface area contributed by atoms with Crippen molar-refractivity contribution in [1.82, 2.24) is 0 Å². The zero-order valence-electron chi connectivity index (χ0n) is 10.4. The first-order valence-corrected chi connectivity index (χ1v) is 5.90. The topological polar surface area (TPSA) is 29.5 Å². The van der Waals surface area contributed by atoms with Crippen molar-refractivity contribution in [2.75, 3.05) is 25.1 Å². The molecule has 2 rings (SSSR count).